The molecule has 0 aromatic carbocycles. The summed E-state index contributed by atoms with van der Waals surface area (Å²) in [7, 11) is 0. The van der Waals surface area contributed by atoms with Gasteiger partial charge in [0.05, 0.1) is 5.37 Å². The molecule has 2 heterocycles. The van der Waals surface area contributed by atoms with Crippen LogP contribution < -0.4 is 5.56 Å². The molecule has 1 amide bonds. The Labute approximate surface area is 126 Å². The predicted molar refractivity (Wildman–Crippen MR) is 80.1 cm³/mol. The zero-order valence-electron chi connectivity index (χ0n) is 11.8. The first-order valence-corrected chi connectivity index (χ1v) is 7.90. The molecule has 1 aromatic heterocycles. The summed E-state index contributed by atoms with van der Waals surface area (Å²) in [5, 5.41) is 9.12. The molecule has 0 aliphatic carbocycles. The zero-order valence-corrected chi connectivity index (χ0v) is 12.6. The van der Waals surface area contributed by atoms with Crippen molar-refractivity contribution in [1.82, 2.24) is 9.47 Å². The van der Waals surface area contributed by atoms with Gasteiger partial charge in [0.15, 0.2) is 0 Å². The van der Waals surface area contributed by atoms with Gasteiger partial charge in [-0.05, 0) is 12.5 Å². The number of carboxylic acid groups (broad SMARTS) is 1. The number of thioether (sulfide) groups is 1. The Morgan fingerprint density at radius 3 is 2.81 bits per heavy atom. The lowest BCUT2D eigenvalue weighted by molar-refractivity contribution is -0.149. The molecule has 114 valence electrons. The minimum atomic E-state index is -0.969. The summed E-state index contributed by atoms with van der Waals surface area (Å²) in [6.07, 6.45) is 2.47. The van der Waals surface area contributed by atoms with Crippen molar-refractivity contribution in [2.24, 2.45) is 0 Å². The van der Waals surface area contributed by atoms with Gasteiger partial charge in [-0.3, -0.25) is 9.59 Å². The van der Waals surface area contributed by atoms with Crippen molar-refractivity contribution >= 4 is 23.6 Å². The number of pyridine rings is 1. The molecule has 21 heavy (non-hydrogen) atoms. The molecular weight excluding hydrogens is 292 g/mol. The van der Waals surface area contributed by atoms with E-state index in [1.807, 2.05) is 6.92 Å². The molecule has 7 heteroatoms. The fraction of sp³-hybridized carbons (Fsp3) is 0.500. The van der Waals surface area contributed by atoms with E-state index in [2.05, 4.69) is 0 Å². The van der Waals surface area contributed by atoms with Crippen LogP contribution in [0.4, 0.5) is 0 Å². The van der Waals surface area contributed by atoms with E-state index < -0.39 is 12.0 Å². The summed E-state index contributed by atoms with van der Waals surface area (Å²) < 4.78 is 1.46. The summed E-state index contributed by atoms with van der Waals surface area (Å²) in [5.74, 6) is -0.760. The normalized spacial score (nSPS) is 21.5. The first kappa shape index (κ1) is 15.6. The van der Waals surface area contributed by atoms with Crippen molar-refractivity contribution in [2.45, 2.75) is 37.7 Å². The number of hydrogen-bond donors (Lipinski definition) is 1. The first-order valence-electron chi connectivity index (χ1n) is 6.85. The van der Waals surface area contributed by atoms with Crippen molar-refractivity contribution in [3.63, 3.8) is 0 Å². The Kier molecular flexibility index (Phi) is 5.06. The van der Waals surface area contributed by atoms with Crippen LogP contribution in [-0.2, 0) is 16.1 Å². The third kappa shape index (κ3) is 3.47. The van der Waals surface area contributed by atoms with Crippen LogP contribution in [0.1, 0.15) is 19.8 Å². The SMILES string of the molecule is CCC1SCC(C(=O)O)N1C(=O)CCn1ccccc1=O. The van der Waals surface area contributed by atoms with Crippen LogP contribution in [-0.4, -0.2) is 43.6 Å². The van der Waals surface area contributed by atoms with Gasteiger partial charge in [-0.25, -0.2) is 4.79 Å². The molecule has 0 spiro atoms. The van der Waals surface area contributed by atoms with E-state index in [1.54, 1.807) is 18.3 Å². The summed E-state index contributed by atoms with van der Waals surface area (Å²) in [5.41, 5.74) is -0.164. The second kappa shape index (κ2) is 6.80. The van der Waals surface area contributed by atoms with E-state index in [-0.39, 0.29) is 29.8 Å². The van der Waals surface area contributed by atoms with Crippen LogP contribution in [0.3, 0.4) is 0 Å². The molecule has 1 aliphatic rings. The van der Waals surface area contributed by atoms with Crippen molar-refractivity contribution in [3.05, 3.63) is 34.7 Å². The lowest BCUT2D eigenvalue weighted by Gasteiger charge is -2.26. The first-order chi connectivity index (χ1) is 10.0. The van der Waals surface area contributed by atoms with Crippen molar-refractivity contribution in [2.75, 3.05) is 5.75 Å². The number of carbonyl (C=O) groups is 2. The minimum Gasteiger partial charge on any atom is -0.480 e. The second-order valence-corrected chi connectivity index (χ2v) is 6.04. The maximum atomic E-state index is 12.3. The largest absolute Gasteiger partial charge is 0.480 e. The van der Waals surface area contributed by atoms with Gasteiger partial charge in [0.2, 0.25) is 5.91 Å². The third-order valence-electron chi connectivity index (χ3n) is 3.48. The third-order valence-corrected chi connectivity index (χ3v) is 4.93. The Morgan fingerprint density at radius 2 is 2.19 bits per heavy atom. The molecule has 0 radical (unpaired) electrons. The monoisotopic (exact) mass is 310 g/mol. The molecule has 1 saturated heterocycles. The van der Waals surface area contributed by atoms with Crippen LogP contribution >= 0.6 is 11.8 Å². The summed E-state index contributed by atoms with van der Waals surface area (Å²) in [6.45, 7) is 2.20. The fourth-order valence-electron chi connectivity index (χ4n) is 2.39. The Bertz CT molecular complexity index is 586. The molecule has 1 fully saturated rings. The van der Waals surface area contributed by atoms with Gasteiger partial charge in [-0.1, -0.05) is 13.0 Å². The predicted octanol–water partition coefficient (Wildman–Crippen LogP) is 1.00. The van der Waals surface area contributed by atoms with Crippen molar-refractivity contribution in [3.8, 4) is 0 Å². The average Bonchev–Trinajstić information content (AvgIpc) is 2.90. The van der Waals surface area contributed by atoms with Gasteiger partial charge >= 0.3 is 5.97 Å². The van der Waals surface area contributed by atoms with Gasteiger partial charge in [0, 0.05) is 31.0 Å². The number of aromatic nitrogens is 1. The molecule has 1 aliphatic heterocycles. The Morgan fingerprint density at radius 1 is 1.43 bits per heavy atom. The molecule has 1 aromatic rings. The molecule has 0 bridgehead atoms. The number of rotatable bonds is 5. The molecule has 2 rings (SSSR count). The number of aliphatic carboxylic acids is 1. The maximum Gasteiger partial charge on any atom is 0.327 e. The molecule has 0 saturated carbocycles. The topological polar surface area (TPSA) is 79.6 Å². The van der Waals surface area contributed by atoms with E-state index in [0.29, 0.717) is 12.2 Å². The van der Waals surface area contributed by atoms with Gasteiger partial charge < -0.3 is 14.6 Å². The number of nitrogens with zero attached hydrogens (tertiary/aromatic N) is 2. The second-order valence-electron chi connectivity index (χ2n) is 4.83. The molecule has 2 atom stereocenters. The quantitative estimate of drug-likeness (QED) is 0.878. The van der Waals surface area contributed by atoms with Gasteiger partial charge in [-0.15, -0.1) is 11.8 Å². The van der Waals surface area contributed by atoms with E-state index in [4.69, 9.17) is 0 Å². The van der Waals surface area contributed by atoms with Crippen molar-refractivity contribution < 1.29 is 14.7 Å². The number of carboxylic acids is 1. The fourth-order valence-corrected chi connectivity index (χ4v) is 3.76. The number of aryl methyl sites for hydroxylation is 1. The number of carbonyl (C=O) groups excluding carboxylic acids is 1. The van der Waals surface area contributed by atoms with E-state index in [9.17, 15) is 19.5 Å². The highest BCUT2D eigenvalue weighted by Crippen LogP contribution is 2.31. The van der Waals surface area contributed by atoms with Gasteiger partial charge in [0.25, 0.3) is 5.56 Å². The van der Waals surface area contributed by atoms with E-state index in [0.717, 1.165) is 0 Å². The minimum absolute atomic E-state index is 0.0916. The van der Waals surface area contributed by atoms with Gasteiger partial charge in [-0.2, -0.15) is 0 Å². The molecule has 6 nitrogen and oxygen atoms in total. The highest BCUT2D eigenvalue weighted by atomic mass is 32.2. The van der Waals surface area contributed by atoms with Crippen LogP contribution in [0.2, 0.25) is 0 Å². The van der Waals surface area contributed by atoms with Gasteiger partial charge in [0.1, 0.15) is 6.04 Å². The number of hydrogen-bond acceptors (Lipinski definition) is 4. The average molecular weight is 310 g/mol. The van der Waals surface area contributed by atoms with E-state index >= 15 is 0 Å². The highest BCUT2D eigenvalue weighted by Gasteiger charge is 2.40. The zero-order chi connectivity index (χ0) is 15.4. The lowest BCUT2D eigenvalue weighted by atomic mass is 10.2. The lowest BCUT2D eigenvalue weighted by Crippen LogP contribution is -2.45. The molecule has 2 unspecified atom stereocenters. The number of amides is 1. The summed E-state index contributed by atoms with van der Waals surface area (Å²) in [6, 6.07) is 4.04. The summed E-state index contributed by atoms with van der Waals surface area (Å²) in [4.78, 5) is 36.6. The van der Waals surface area contributed by atoms with Crippen LogP contribution in [0.25, 0.3) is 0 Å². The standard InChI is InChI=1S/C14H18N2O4S/c1-2-13-16(10(9-21-13)14(19)20)12(18)6-8-15-7-4-3-5-11(15)17/h3-5,7,10,13H,2,6,8-9H2,1H3,(H,19,20). The highest BCUT2D eigenvalue weighted by molar-refractivity contribution is 8.00. The van der Waals surface area contributed by atoms with Crippen LogP contribution in [0.15, 0.2) is 29.2 Å². The Hall–Kier alpha value is -1.76. The van der Waals surface area contributed by atoms with E-state index in [1.165, 1.54) is 27.3 Å². The summed E-state index contributed by atoms with van der Waals surface area (Å²) >= 11 is 1.50. The smallest absolute Gasteiger partial charge is 0.327 e. The Balaban J connectivity index is 2.06. The van der Waals surface area contributed by atoms with Crippen molar-refractivity contribution in [1.29, 1.82) is 0 Å². The van der Waals surface area contributed by atoms with Crippen LogP contribution in [0.5, 0.6) is 0 Å². The molecular formula is C14H18N2O4S. The van der Waals surface area contributed by atoms with Crippen LogP contribution in [0, 0.1) is 0 Å². The maximum absolute atomic E-state index is 12.3. The molecule has 1 N–H and O–H groups in total.